The molecular formula is C9H9N5O3S. The monoisotopic (exact) mass is 267 g/mol. The molecule has 0 aliphatic carbocycles. The van der Waals surface area contributed by atoms with E-state index in [1.54, 1.807) is 6.92 Å². The fourth-order valence-electron chi connectivity index (χ4n) is 1.20. The number of carbonyl (C=O) groups excluding carboxylic acids is 2. The van der Waals surface area contributed by atoms with Crippen LogP contribution in [0, 0.1) is 6.92 Å². The van der Waals surface area contributed by atoms with Gasteiger partial charge in [0, 0.05) is 0 Å². The van der Waals surface area contributed by atoms with Gasteiger partial charge in [-0.25, -0.2) is 9.78 Å². The number of hydrogen-bond donors (Lipinski definition) is 2. The van der Waals surface area contributed by atoms with Crippen molar-refractivity contribution in [3.63, 3.8) is 0 Å². The molecule has 2 rings (SSSR count). The molecule has 1 amide bonds. The number of aromatic nitrogens is 4. The number of anilines is 1. The quantitative estimate of drug-likeness (QED) is 0.788. The Morgan fingerprint density at radius 1 is 1.50 bits per heavy atom. The van der Waals surface area contributed by atoms with E-state index in [4.69, 9.17) is 0 Å². The summed E-state index contributed by atoms with van der Waals surface area (Å²) in [7, 11) is 1.29. The number of esters is 1. The van der Waals surface area contributed by atoms with Crippen molar-refractivity contribution in [1.82, 2.24) is 20.4 Å². The lowest BCUT2D eigenvalue weighted by Gasteiger charge is -1.95. The van der Waals surface area contributed by atoms with Gasteiger partial charge < -0.3 is 4.74 Å². The number of methoxy groups -OCH3 is 1. The lowest BCUT2D eigenvalue weighted by Crippen LogP contribution is -2.12. The van der Waals surface area contributed by atoms with Crippen molar-refractivity contribution in [2.45, 2.75) is 6.92 Å². The van der Waals surface area contributed by atoms with E-state index in [0.29, 0.717) is 15.7 Å². The standard InChI is InChI=1S/C9H9N5O3S/c1-4-6(8(16)17-2)18-9(11-4)12-7(15)5-3-10-14-13-5/h3H,1-2H3,(H,10,13,14)(H,11,12,15). The van der Waals surface area contributed by atoms with Crippen molar-refractivity contribution >= 4 is 28.3 Å². The van der Waals surface area contributed by atoms with Crippen LogP contribution in [0.5, 0.6) is 0 Å². The molecule has 0 radical (unpaired) electrons. The van der Waals surface area contributed by atoms with Crippen molar-refractivity contribution in [1.29, 1.82) is 0 Å². The van der Waals surface area contributed by atoms with E-state index >= 15 is 0 Å². The van der Waals surface area contributed by atoms with Crippen LogP contribution in [-0.4, -0.2) is 39.4 Å². The largest absolute Gasteiger partial charge is 0.465 e. The normalized spacial score (nSPS) is 10.1. The fourth-order valence-corrected chi connectivity index (χ4v) is 2.08. The molecule has 2 aromatic rings. The molecule has 0 unspecified atom stereocenters. The predicted molar refractivity (Wildman–Crippen MR) is 62.5 cm³/mol. The molecule has 18 heavy (non-hydrogen) atoms. The van der Waals surface area contributed by atoms with Crippen molar-refractivity contribution in [3.8, 4) is 0 Å². The molecule has 94 valence electrons. The lowest BCUT2D eigenvalue weighted by atomic mass is 10.4. The minimum atomic E-state index is -0.480. The number of aryl methyl sites for hydroxylation is 1. The van der Waals surface area contributed by atoms with Crippen molar-refractivity contribution in [2.24, 2.45) is 0 Å². The Kier molecular flexibility index (Phi) is 3.33. The minimum absolute atomic E-state index is 0.141. The summed E-state index contributed by atoms with van der Waals surface area (Å²) in [6.07, 6.45) is 1.29. The van der Waals surface area contributed by atoms with E-state index in [1.807, 2.05) is 0 Å². The van der Waals surface area contributed by atoms with Crippen LogP contribution in [0.25, 0.3) is 0 Å². The topological polar surface area (TPSA) is 110 Å². The Bertz CT molecular complexity index is 577. The number of rotatable bonds is 3. The first-order chi connectivity index (χ1) is 8.61. The zero-order chi connectivity index (χ0) is 13.1. The first-order valence-corrected chi connectivity index (χ1v) is 5.66. The van der Waals surface area contributed by atoms with Gasteiger partial charge in [0.2, 0.25) is 0 Å². The van der Waals surface area contributed by atoms with E-state index in [2.05, 4.69) is 30.4 Å². The molecule has 0 saturated heterocycles. The van der Waals surface area contributed by atoms with Gasteiger partial charge in [0.15, 0.2) is 10.8 Å². The van der Waals surface area contributed by atoms with Crippen molar-refractivity contribution in [2.75, 3.05) is 12.4 Å². The number of thiazole rings is 1. The molecule has 0 aromatic carbocycles. The van der Waals surface area contributed by atoms with Gasteiger partial charge >= 0.3 is 5.97 Å². The Morgan fingerprint density at radius 3 is 2.89 bits per heavy atom. The highest BCUT2D eigenvalue weighted by Crippen LogP contribution is 2.23. The zero-order valence-electron chi connectivity index (χ0n) is 9.55. The molecule has 0 bridgehead atoms. The van der Waals surface area contributed by atoms with E-state index < -0.39 is 11.9 Å². The number of nitrogens with one attached hydrogen (secondary N) is 2. The Hall–Kier alpha value is -2.29. The highest BCUT2D eigenvalue weighted by atomic mass is 32.1. The van der Waals surface area contributed by atoms with Gasteiger partial charge in [0.25, 0.3) is 5.91 Å². The number of nitrogens with zero attached hydrogens (tertiary/aromatic N) is 3. The van der Waals surface area contributed by atoms with Gasteiger partial charge in [-0.15, -0.1) is 0 Å². The second-order valence-electron chi connectivity index (χ2n) is 3.23. The average molecular weight is 267 g/mol. The van der Waals surface area contributed by atoms with Crippen LogP contribution in [0.4, 0.5) is 5.13 Å². The number of H-pyrrole nitrogens is 1. The number of ether oxygens (including phenoxy) is 1. The second-order valence-corrected chi connectivity index (χ2v) is 4.23. The molecule has 0 atom stereocenters. The van der Waals surface area contributed by atoms with Gasteiger partial charge in [0.1, 0.15) is 4.88 Å². The summed E-state index contributed by atoms with van der Waals surface area (Å²) in [6.45, 7) is 1.66. The van der Waals surface area contributed by atoms with Crippen molar-refractivity contribution < 1.29 is 14.3 Å². The zero-order valence-corrected chi connectivity index (χ0v) is 10.4. The second kappa shape index (κ2) is 4.92. The first-order valence-electron chi connectivity index (χ1n) is 4.84. The number of hydrogen-bond acceptors (Lipinski definition) is 7. The predicted octanol–water partition coefficient (Wildman–Crippen LogP) is 0.609. The van der Waals surface area contributed by atoms with Crippen LogP contribution in [0.3, 0.4) is 0 Å². The smallest absolute Gasteiger partial charge is 0.350 e. The van der Waals surface area contributed by atoms with E-state index in [0.717, 1.165) is 11.3 Å². The molecular weight excluding hydrogens is 258 g/mol. The molecule has 2 N–H and O–H groups in total. The van der Waals surface area contributed by atoms with Crippen LogP contribution in [-0.2, 0) is 4.74 Å². The van der Waals surface area contributed by atoms with Crippen LogP contribution >= 0.6 is 11.3 Å². The molecule has 0 fully saturated rings. The summed E-state index contributed by atoms with van der Waals surface area (Å²) in [5, 5.41) is 12.3. The molecule has 9 heteroatoms. The SMILES string of the molecule is COC(=O)c1sc(NC(=O)c2cn[nH]n2)nc1C. The van der Waals surface area contributed by atoms with E-state index in [1.165, 1.54) is 13.3 Å². The van der Waals surface area contributed by atoms with Crippen LogP contribution < -0.4 is 5.32 Å². The lowest BCUT2D eigenvalue weighted by molar-refractivity contribution is 0.0605. The number of aromatic amines is 1. The molecule has 2 heterocycles. The Morgan fingerprint density at radius 2 is 2.28 bits per heavy atom. The molecule has 0 aliphatic heterocycles. The maximum Gasteiger partial charge on any atom is 0.350 e. The molecule has 8 nitrogen and oxygen atoms in total. The fraction of sp³-hybridized carbons (Fsp3) is 0.222. The highest BCUT2D eigenvalue weighted by molar-refractivity contribution is 7.17. The van der Waals surface area contributed by atoms with E-state index in [-0.39, 0.29) is 5.69 Å². The summed E-state index contributed by atoms with van der Waals surface area (Å²) in [5.41, 5.74) is 0.643. The van der Waals surface area contributed by atoms with Gasteiger partial charge in [-0.05, 0) is 6.92 Å². The summed E-state index contributed by atoms with van der Waals surface area (Å²) in [5.74, 6) is -0.930. The first kappa shape index (κ1) is 12.2. The summed E-state index contributed by atoms with van der Waals surface area (Å²) in [4.78, 5) is 27.4. The maximum absolute atomic E-state index is 11.7. The van der Waals surface area contributed by atoms with Crippen LogP contribution in [0.2, 0.25) is 0 Å². The van der Waals surface area contributed by atoms with Gasteiger partial charge in [0.05, 0.1) is 19.0 Å². The van der Waals surface area contributed by atoms with Crippen LogP contribution in [0.1, 0.15) is 25.9 Å². The third-order valence-corrected chi connectivity index (χ3v) is 3.09. The van der Waals surface area contributed by atoms with Gasteiger partial charge in [-0.1, -0.05) is 11.3 Å². The molecule has 0 spiro atoms. The third kappa shape index (κ3) is 2.35. The third-order valence-electron chi connectivity index (χ3n) is 2.04. The average Bonchev–Trinajstić information content (AvgIpc) is 2.97. The van der Waals surface area contributed by atoms with Gasteiger partial charge in [-0.2, -0.15) is 15.4 Å². The maximum atomic E-state index is 11.7. The Labute approximate surface area is 105 Å². The summed E-state index contributed by atoms with van der Waals surface area (Å²) >= 11 is 1.04. The Balaban J connectivity index is 2.16. The van der Waals surface area contributed by atoms with Crippen LogP contribution in [0.15, 0.2) is 6.20 Å². The van der Waals surface area contributed by atoms with Crippen molar-refractivity contribution in [3.05, 3.63) is 22.5 Å². The number of amides is 1. The summed E-state index contributed by atoms with van der Waals surface area (Å²) < 4.78 is 4.60. The minimum Gasteiger partial charge on any atom is -0.465 e. The molecule has 0 aliphatic rings. The molecule has 2 aromatic heterocycles. The van der Waals surface area contributed by atoms with E-state index in [9.17, 15) is 9.59 Å². The number of carbonyl (C=O) groups is 2. The molecule has 0 saturated carbocycles. The summed E-state index contributed by atoms with van der Waals surface area (Å²) in [6, 6.07) is 0. The highest BCUT2D eigenvalue weighted by Gasteiger charge is 2.18. The van der Waals surface area contributed by atoms with Gasteiger partial charge in [-0.3, -0.25) is 10.1 Å².